The van der Waals surface area contributed by atoms with Gasteiger partial charge in [0.15, 0.2) is 0 Å². The quantitative estimate of drug-likeness (QED) is 0.468. The molecule has 102 valence electrons. The molecule has 17 heavy (non-hydrogen) atoms. The van der Waals surface area contributed by atoms with Crippen LogP contribution in [0.15, 0.2) is 0 Å². The van der Waals surface area contributed by atoms with Gasteiger partial charge < -0.3 is 0 Å². The molecular weight excluding hydrogens is 204 g/mol. The lowest BCUT2D eigenvalue weighted by atomic mass is 9.83. The van der Waals surface area contributed by atoms with Gasteiger partial charge in [0.05, 0.1) is 0 Å². The maximum atomic E-state index is 2.49. The van der Waals surface area contributed by atoms with Crippen LogP contribution in [0.5, 0.6) is 0 Å². The van der Waals surface area contributed by atoms with Crippen LogP contribution in [0.4, 0.5) is 0 Å². The molecule has 0 bridgehead atoms. The Morgan fingerprint density at radius 3 is 2.24 bits per heavy atom. The molecule has 0 amide bonds. The van der Waals surface area contributed by atoms with Crippen molar-refractivity contribution in [3.05, 3.63) is 0 Å². The largest absolute Gasteiger partial charge is 0.0654 e. The SMILES string of the molecule is CCCC(C)CC(C)C(C)CC1CC1CCC. The molecule has 1 rings (SSSR count). The average Bonchev–Trinajstić information content (AvgIpc) is 2.97. The first-order chi connectivity index (χ1) is 8.08. The van der Waals surface area contributed by atoms with Gasteiger partial charge in [0.25, 0.3) is 0 Å². The molecule has 1 saturated carbocycles. The number of hydrogen-bond donors (Lipinski definition) is 0. The molecule has 0 aromatic carbocycles. The fourth-order valence-corrected chi connectivity index (χ4v) is 3.51. The molecule has 0 radical (unpaired) electrons. The zero-order valence-corrected chi connectivity index (χ0v) is 12.8. The second-order valence-electron chi connectivity index (χ2n) is 6.86. The van der Waals surface area contributed by atoms with Crippen molar-refractivity contribution in [1.82, 2.24) is 0 Å². The highest BCUT2D eigenvalue weighted by atomic mass is 14.4. The van der Waals surface area contributed by atoms with E-state index >= 15 is 0 Å². The van der Waals surface area contributed by atoms with Gasteiger partial charge in [-0.1, -0.05) is 60.3 Å². The Hall–Kier alpha value is 0. The van der Waals surface area contributed by atoms with Gasteiger partial charge in [-0.3, -0.25) is 0 Å². The summed E-state index contributed by atoms with van der Waals surface area (Å²) in [5.74, 6) is 5.00. The van der Waals surface area contributed by atoms with E-state index < -0.39 is 0 Å². The molecule has 5 unspecified atom stereocenters. The van der Waals surface area contributed by atoms with E-state index in [1.807, 2.05) is 0 Å². The highest BCUT2D eigenvalue weighted by molar-refractivity contribution is 4.87. The average molecular weight is 238 g/mol. The van der Waals surface area contributed by atoms with Gasteiger partial charge in [0.2, 0.25) is 0 Å². The summed E-state index contributed by atoms with van der Waals surface area (Å²) in [4.78, 5) is 0. The number of rotatable bonds is 9. The highest BCUT2D eigenvalue weighted by Gasteiger charge is 2.37. The Morgan fingerprint density at radius 2 is 1.65 bits per heavy atom. The van der Waals surface area contributed by atoms with Crippen LogP contribution in [0, 0.1) is 29.6 Å². The Labute approximate surface area is 110 Å². The molecule has 0 aromatic heterocycles. The third-order valence-electron chi connectivity index (χ3n) is 4.93. The van der Waals surface area contributed by atoms with Crippen molar-refractivity contribution in [3.8, 4) is 0 Å². The Kier molecular flexibility index (Phi) is 6.59. The fraction of sp³-hybridized carbons (Fsp3) is 1.00. The van der Waals surface area contributed by atoms with Crippen LogP contribution in [0.2, 0.25) is 0 Å². The molecule has 0 aliphatic heterocycles. The minimum absolute atomic E-state index is 0.930. The van der Waals surface area contributed by atoms with Gasteiger partial charge in [0.1, 0.15) is 0 Å². The monoisotopic (exact) mass is 238 g/mol. The second kappa shape index (κ2) is 7.44. The molecule has 0 saturated heterocycles. The summed E-state index contributed by atoms with van der Waals surface area (Å²) >= 11 is 0. The third-order valence-corrected chi connectivity index (χ3v) is 4.93. The maximum absolute atomic E-state index is 2.49. The molecule has 5 atom stereocenters. The van der Waals surface area contributed by atoms with Crippen molar-refractivity contribution in [2.24, 2.45) is 29.6 Å². The van der Waals surface area contributed by atoms with Crippen LogP contribution < -0.4 is 0 Å². The molecule has 0 spiro atoms. The maximum Gasteiger partial charge on any atom is -0.0380 e. The van der Waals surface area contributed by atoms with Crippen LogP contribution in [-0.4, -0.2) is 0 Å². The lowest BCUT2D eigenvalue weighted by molar-refractivity contribution is 0.278. The Balaban J connectivity index is 2.16. The van der Waals surface area contributed by atoms with Crippen molar-refractivity contribution < 1.29 is 0 Å². The van der Waals surface area contributed by atoms with Crippen molar-refractivity contribution in [2.75, 3.05) is 0 Å². The standard InChI is InChI=1S/C17H34/c1-6-8-13(3)10-14(4)15(5)11-17-12-16(17)9-7-2/h13-17H,6-12H2,1-5H3. The van der Waals surface area contributed by atoms with Crippen LogP contribution in [0.25, 0.3) is 0 Å². The van der Waals surface area contributed by atoms with E-state index in [1.54, 1.807) is 0 Å². The highest BCUT2D eigenvalue weighted by Crippen LogP contribution is 2.47. The van der Waals surface area contributed by atoms with E-state index in [0.29, 0.717) is 0 Å². The molecular formula is C17H34. The van der Waals surface area contributed by atoms with Crippen LogP contribution >= 0.6 is 0 Å². The summed E-state index contributed by atoms with van der Waals surface area (Å²) in [5, 5.41) is 0. The van der Waals surface area contributed by atoms with Gasteiger partial charge in [-0.2, -0.15) is 0 Å². The van der Waals surface area contributed by atoms with Gasteiger partial charge >= 0.3 is 0 Å². The van der Waals surface area contributed by atoms with Gasteiger partial charge in [-0.15, -0.1) is 0 Å². The molecule has 0 N–H and O–H groups in total. The Bertz CT molecular complexity index is 196. The molecule has 1 aliphatic rings. The first kappa shape index (κ1) is 15.1. The molecule has 0 aromatic rings. The van der Waals surface area contributed by atoms with Crippen LogP contribution in [0.1, 0.15) is 79.6 Å². The zero-order valence-electron chi connectivity index (χ0n) is 12.8. The summed E-state index contributed by atoms with van der Waals surface area (Å²) in [6.07, 6.45) is 10.1. The number of hydrogen-bond acceptors (Lipinski definition) is 0. The molecule has 1 aliphatic carbocycles. The van der Waals surface area contributed by atoms with E-state index in [-0.39, 0.29) is 0 Å². The predicted molar refractivity (Wildman–Crippen MR) is 78.1 cm³/mol. The summed E-state index contributed by atoms with van der Waals surface area (Å²) in [6.45, 7) is 12.0. The molecule has 0 heteroatoms. The first-order valence-electron chi connectivity index (χ1n) is 8.08. The van der Waals surface area contributed by atoms with E-state index in [4.69, 9.17) is 0 Å². The lowest BCUT2D eigenvalue weighted by Crippen LogP contribution is -2.13. The summed E-state index contributed by atoms with van der Waals surface area (Å²) in [6, 6.07) is 0. The zero-order chi connectivity index (χ0) is 12.8. The van der Waals surface area contributed by atoms with Crippen molar-refractivity contribution >= 4 is 0 Å². The normalized spacial score (nSPS) is 28.8. The summed E-state index contributed by atoms with van der Waals surface area (Å²) in [5.41, 5.74) is 0. The first-order valence-corrected chi connectivity index (χ1v) is 8.08. The minimum atomic E-state index is 0.930. The van der Waals surface area contributed by atoms with E-state index in [1.165, 1.54) is 44.9 Å². The lowest BCUT2D eigenvalue weighted by Gasteiger charge is -2.23. The van der Waals surface area contributed by atoms with Crippen molar-refractivity contribution in [3.63, 3.8) is 0 Å². The van der Waals surface area contributed by atoms with Gasteiger partial charge in [0, 0.05) is 0 Å². The molecule has 0 nitrogen and oxygen atoms in total. The Morgan fingerprint density at radius 1 is 0.941 bits per heavy atom. The second-order valence-corrected chi connectivity index (χ2v) is 6.86. The summed E-state index contributed by atoms with van der Waals surface area (Å²) < 4.78 is 0. The summed E-state index contributed by atoms with van der Waals surface area (Å²) in [7, 11) is 0. The van der Waals surface area contributed by atoms with Crippen molar-refractivity contribution in [1.29, 1.82) is 0 Å². The van der Waals surface area contributed by atoms with Crippen LogP contribution in [-0.2, 0) is 0 Å². The topological polar surface area (TPSA) is 0 Å². The smallest absolute Gasteiger partial charge is 0.0380 e. The van der Waals surface area contributed by atoms with Crippen molar-refractivity contribution in [2.45, 2.75) is 79.6 Å². The third kappa shape index (κ3) is 5.44. The van der Waals surface area contributed by atoms with Crippen LogP contribution in [0.3, 0.4) is 0 Å². The minimum Gasteiger partial charge on any atom is -0.0654 e. The van der Waals surface area contributed by atoms with Gasteiger partial charge in [-0.05, 0) is 48.9 Å². The molecule has 1 fully saturated rings. The predicted octanol–water partition coefficient (Wildman–Crippen LogP) is 5.91. The van der Waals surface area contributed by atoms with E-state index in [2.05, 4.69) is 34.6 Å². The van der Waals surface area contributed by atoms with E-state index in [9.17, 15) is 0 Å². The van der Waals surface area contributed by atoms with Gasteiger partial charge in [-0.25, -0.2) is 0 Å². The van der Waals surface area contributed by atoms with E-state index in [0.717, 1.165) is 29.6 Å². The molecule has 0 heterocycles. The fourth-order valence-electron chi connectivity index (χ4n) is 3.51.